The highest BCUT2D eigenvalue weighted by molar-refractivity contribution is 6.15. The summed E-state index contributed by atoms with van der Waals surface area (Å²) >= 11 is 0. The minimum atomic E-state index is -0.566. The van der Waals surface area contributed by atoms with Crippen molar-refractivity contribution in [2.75, 3.05) is 0 Å². The number of rotatable bonds is 7. The molecule has 0 radical (unpaired) electrons. The van der Waals surface area contributed by atoms with Gasteiger partial charge in [0.25, 0.3) is 0 Å². The highest BCUT2D eigenvalue weighted by Crippen LogP contribution is 2.38. The van der Waals surface area contributed by atoms with Gasteiger partial charge in [0.05, 0.1) is 12.3 Å². The fourth-order valence-electron chi connectivity index (χ4n) is 7.51. The summed E-state index contributed by atoms with van der Waals surface area (Å²) in [6.07, 6.45) is 0. The molecule has 0 bridgehead atoms. The maximum absolute atomic E-state index is 11.6. The molecule has 0 unspecified atom stereocenters. The van der Waals surface area contributed by atoms with Crippen LogP contribution in [0.3, 0.4) is 0 Å². The van der Waals surface area contributed by atoms with Gasteiger partial charge < -0.3 is 9.52 Å². The first kappa shape index (κ1) is 26.7. The summed E-state index contributed by atoms with van der Waals surface area (Å²) in [6, 6.07) is 43.8. The van der Waals surface area contributed by atoms with Gasteiger partial charge in [-0.05, 0) is 92.8 Å². The molecule has 9 aromatic carbocycles. The summed E-state index contributed by atoms with van der Waals surface area (Å²) in [7, 11) is 0. The molecule has 60 heavy (non-hydrogen) atoms. The number of furan rings is 1. The van der Waals surface area contributed by atoms with Crippen LogP contribution in [0.4, 0.5) is 0 Å². The van der Waals surface area contributed by atoms with Crippen LogP contribution >= 0.6 is 0 Å². The van der Waals surface area contributed by atoms with Crippen LogP contribution < -0.4 is 0 Å². The topological polar surface area (TPSA) is 72.0 Å². The first-order chi connectivity index (χ1) is 33.4. The molecule has 0 aliphatic rings. The standard InChI is InChI=1S/C55H35N3O2/c59-50-33-45(26-27-46(50)42-20-9-17-38(30-42)35-12-3-1-4-13-35)55-57-53(43-21-10-18-39(31-43)36-14-5-2-6-15-36)56-54(58-55)44-22-11-19-40(32-44)41-25-28-48-49-29-24-37-16-7-8-23-47(37)52(49)60-51(48)34-41/h1-34,59H/i7D,8D,16D,23D,24D,25D,28D,29D,34D. The Hall–Kier alpha value is -8.15. The largest absolute Gasteiger partial charge is 0.507 e. The molecule has 1 N–H and O–H groups in total. The zero-order valence-corrected chi connectivity index (χ0v) is 31.6. The van der Waals surface area contributed by atoms with E-state index < -0.39 is 36.3 Å². The number of phenolic OH excluding ortho intramolecular Hbond substituents is 1. The number of hydrogen-bond donors (Lipinski definition) is 1. The van der Waals surface area contributed by atoms with Crippen LogP contribution in [0.15, 0.2) is 210 Å². The highest BCUT2D eigenvalue weighted by Gasteiger charge is 2.17. The summed E-state index contributed by atoms with van der Waals surface area (Å²) in [6.45, 7) is 0. The second-order valence-electron chi connectivity index (χ2n) is 14.3. The Morgan fingerprint density at radius 2 is 0.917 bits per heavy atom. The SMILES string of the molecule is [2H]c1c([2H])c([2H])c2c(c1[2H])c([2H])c([2H])c1c2oc2c([2H])c(-c3cccc(-c4nc(-c5cccc(-c6ccccc6)c5)nc(-c5ccc(-c6cccc(-c7ccccc7)c6)c(O)c5)n4)c3)c([2H])c([2H])c21. The molecule has 5 nitrogen and oxygen atoms in total. The zero-order chi connectivity index (χ0) is 47.8. The molecule has 11 aromatic rings. The van der Waals surface area contributed by atoms with Gasteiger partial charge in [-0.15, -0.1) is 0 Å². The predicted octanol–water partition coefficient (Wildman–Crippen LogP) is 14.3. The number of nitrogens with zero attached hydrogens (tertiary/aromatic N) is 3. The molecule has 0 aliphatic carbocycles. The van der Waals surface area contributed by atoms with E-state index in [1.165, 1.54) is 0 Å². The average molecular weight is 779 g/mol. The summed E-state index contributed by atoms with van der Waals surface area (Å²) < 4.78 is 85.6. The lowest BCUT2D eigenvalue weighted by Crippen LogP contribution is -2.00. The molecule has 0 aliphatic heterocycles. The number of benzene rings is 9. The molecule has 0 atom stereocenters. The van der Waals surface area contributed by atoms with Gasteiger partial charge >= 0.3 is 0 Å². The molecule has 282 valence electrons. The van der Waals surface area contributed by atoms with Crippen molar-refractivity contribution in [2.45, 2.75) is 0 Å². The van der Waals surface area contributed by atoms with E-state index in [2.05, 4.69) is 0 Å². The van der Waals surface area contributed by atoms with Gasteiger partial charge in [0, 0.05) is 38.4 Å². The van der Waals surface area contributed by atoms with Gasteiger partial charge in [-0.25, -0.2) is 15.0 Å². The second-order valence-corrected chi connectivity index (χ2v) is 14.3. The van der Waals surface area contributed by atoms with Crippen LogP contribution in [-0.4, -0.2) is 20.1 Å². The van der Waals surface area contributed by atoms with Gasteiger partial charge in [0.2, 0.25) is 0 Å². The molecule has 5 heteroatoms. The van der Waals surface area contributed by atoms with Gasteiger partial charge in [0.15, 0.2) is 17.5 Å². The predicted molar refractivity (Wildman–Crippen MR) is 244 cm³/mol. The van der Waals surface area contributed by atoms with E-state index in [4.69, 9.17) is 27.6 Å². The van der Waals surface area contributed by atoms with Crippen molar-refractivity contribution < 1.29 is 21.9 Å². The van der Waals surface area contributed by atoms with E-state index in [0.29, 0.717) is 33.6 Å². The quantitative estimate of drug-likeness (QED) is 0.174. The molecule has 0 fully saturated rings. The van der Waals surface area contributed by atoms with Crippen molar-refractivity contribution in [1.82, 2.24) is 15.0 Å². The van der Waals surface area contributed by atoms with Crippen LogP contribution in [0.5, 0.6) is 5.75 Å². The lowest BCUT2D eigenvalue weighted by Gasteiger charge is -2.12. The van der Waals surface area contributed by atoms with Crippen LogP contribution in [0.2, 0.25) is 0 Å². The smallest absolute Gasteiger partial charge is 0.164 e. The number of fused-ring (bicyclic) bond motifs is 5. The van der Waals surface area contributed by atoms with E-state index in [1.54, 1.807) is 30.3 Å². The van der Waals surface area contributed by atoms with Crippen molar-refractivity contribution in [3.8, 4) is 84.4 Å². The van der Waals surface area contributed by atoms with Crippen molar-refractivity contribution in [3.63, 3.8) is 0 Å². The minimum Gasteiger partial charge on any atom is -0.507 e. The Bertz CT molecular complexity index is 3920. The third kappa shape index (κ3) is 6.45. The van der Waals surface area contributed by atoms with Gasteiger partial charge in [0.1, 0.15) is 16.9 Å². The fourth-order valence-corrected chi connectivity index (χ4v) is 7.51. The summed E-state index contributed by atoms with van der Waals surface area (Å²) in [5, 5.41) is 11.1. The Labute approximate surface area is 359 Å². The lowest BCUT2D eigenvalue weighted by atomic mass is 9.97. The second kappa shape index (κ2) is 14.7. The number of phenols is 1. The summed E-state index contributed by atoms with van der Waals surface area (Å²) in [4.78, 5) is 14.9. The van der Waals surface area contributed by atoms with Crippen molar-refractivity contribution >= 4 is 32.7 Å². The van der Waals surface area contributed by atoms with E-state index in [1.807, 2.05) is 121 Å². The molecule has 2 aromatic heterocycles. The number of aromatic hydroxyl groups is 1. The number of hydrogen-bond acceptors (Lipinski definition) is 5. The maximum Gasteiger partial charge on any atom is 0.164 e. The van der Waals surface area contributed by atoms with Crippen molar-refractivity contribution in [3.05, 3.63) is 206 Å². The molecular formula is C55H35N3O2. The fraction of sp³-hybridized carbons (Fsp3) is 0. The zero-order valence-electron chi connectivity index (χ0n) is 40.6. The lowest BCUT2D eigenvalue weighted by molar-refractivity contribution is 0.477. The van der Waals surface area contributed by atoms with E-state index in [-0.39, 0.29) is 73.8 Å². The van der Waals surface area contributed by atoms with E-state index in [9.17, 15) is 9.22 Å². The van der Waals surface area contributed by atoms with Gasteiger partial charge in [-0.2, -0.15) is 0 Å². The molecular weight excluding hydrogens is 735 g/mol. The first-order valence-electron chi connectivity index (χ1n) is 23.7. The third-order valence-electron chi connectivity index (χ3n) is 10.5. The van der Waals surface area contributed by atoms with Crippen molar-refractivity contribution in [2.24, 2.45) is 0 Å². The molecule has 11 rings (SSSR count). The van der Waals surface area contributed by atoms with Crippen LogP contribution in [0.25, 0.3) is 111 Å². The Morgan fingerprint density at radius 1 is 0.400 bits per heavy atom. The molecule has 0 saturated carbocycles. The Kier molecular flexibility index (Phi) is 6.52. The summed E-state index contributed by atoms with van der Waals surface area (Å²) in [5.41, 5.74) is 7.21. The van der Waals surface area contributed by atoms with Crippen LogP contribution in [0.1, 0.15) is 12.3 Å². The average Bonchev–Trinajstić information content (AvgIpc) is 3.80. The van der Waals surface area contributed by atoms with Crippen LogP contribution in [0, 0.1) is 0 Å². The van der Waals surface area contributed by atoms with Gasteiger partial charge in [-0.1, -0.05) is 158 Å². The normalized spacial score (nSPS) is 13.5. The molecule has 0 amide bonds. The Balaban J connectivity index is 1.06. The van der Waals surface area contributed by atoms with E-state index in [0.717, 1.165) is 27.8 Å². The maximum atomic E-state index is 11.6. The highest BCUT2D eigenvalue weighted by atomic mass is 16.3. The Morgan fingerprint density at radius 3 is 1.55 bits per heavy atom. The molecule has 0 saturated heterocycles. The van der Waals surface area contributed by atoms with Crippen LogP contribution in [-0.2, 0) is 0 Å². The minimum absolute atomic E-state index is 0.0252. The third-order valence-corrected chi connectivity index (χ3v) is 10.5. The van der Waals surface area contributed by atoms with Crippen molar-refractivity contribution in [1.29, 1.82) is 0 Å². The van der Waals surface area contributed by atoms with E-state index >= 15 is 0 Å². The number of aromatic nitrogens is 3. The summed E-state index contributed by atoms with van der Waals surface area (Å²) in [5.74, 6) is 0.895. The molecule has 0 spiro atoms. The monoisotopic (exact) mass is 778 g/mol. The first-order valence-corrected chi connectivity index (χ1v) is 19.2. The molecule has 2 heterocycles. The van der Waals surface area contributed by atoms with Gasteiger partial charge in [-0.3, -0.25) is 0 Å².